The quantitative estimate of drug-likeness (QED) is 0.698. The van der Waals surface area contributed by atoms with Crippen molar-refractivity contribution in [3.05, 3.63) is 61.5 Å². The molecule has 0 radical (unpaired) electrons. The van der Waals surface area contributed by atoms with Gasteiger partial charge in [0.2, 0.25) is 0 Å². The van der Waals surface area contributed by atoms with Gasteiger partial charge in [0.05, 0.1) is 5.69 Å². The van der Waals surface area contributed by atoms with Crippen LogP contribution in [0.1, 0.15) is 21.5 Å². The van der Waals surface area contributed by atoms with E-state index in [1.807, 2.05) is 26.0 Å². The smallest absolute Gasteiger partial charge is 0.261 e. The van der Waals surface area contributed by atoms with Gasteiger partial charge in [-0.05, 0) is 59.1 Å². The second kappa shape index (κ2) is 6.23. The number of hydrogen-bond donors (Lipinski definition) is 1. The lowest BCUT2D eigenvalue weighted by Crippen LogP contribution is -2.17. The van der Waals surface area contributed by atoms with Crippen molar-refractivity contribution in [2.45, 2.75) is 13.8 Å². The molecule has 1 amide bonds. The van der Waals surface area contributed by atoms with Gasteiger partial charge in [-0.1, -0.05) is 22.0 Å². The van der Waals surface area contributed by atoms with Crippen LogP contribution < -0.4 is 5.32 Å². The van der Waals surface area contributed by atoms with Crippen molar-refractivity contribution in [2.75, 3.05) is 5.32 Å². The van der Waals surface area contributed by atoms with Gasteiger partial charge in [-0.3, -0.25) is 4.79 Å². The van der Waals surface area contributed by atoms with Crippen molar-refractivity contribution < 1.29 is 13.6 Å². The molecule has 2 nitrogen and oxygen atoms in total. The SMILES string of the molecule is Cc1cc(C)c(NC(=O)c2c(F)cc(Br)cc2F)c(Br)c1. The normalized spacial score (nSPS) is 10.6. The van der Waals surface area contributed by atoms with Crippen LogP contribution >= 0.6 is 31.9 Å². The van der Waals surface area contributed by atoms with Gasteiger partial charge < -0.3 is 5.32 Å². The van der Waals surface area contributed by atoms with Crippen molar-refractivity contribution in [2.24, 2.45) is 0 Å². The lowest BCUT2D eigenvalue weighted by atomic mass is 10.1. The first-order valence-electron chi connectivity index (χ1n) is 6.02. The third-order valence-electron chi connectivity index (χ3n) is 2.90. The van der Waals surface area contributed by atoms with Gasteiger partial charge in [0.25, 0.3) is 5.91 Å². The number of halogens is 4. The van der Waals surface area contributed by atoms with Crippen LogP contribution in [0.25, 0.3) is 0 Å². The zero-order valence-corrected chi connectivity index (χ0v) is 14.4. The number of rotatable bonds is 2. The number of nitrogens with one attached hydrogen (secondary N) is 1. The van der Waals surface area contributed by atoms with E-state index in [4.69, 9.17) is 0 Å². The van der Waals surface area contributed by atoms with Gasteiger partial charge in [-0.25, -0.2) is 8.78 Å². The highest BCUT2D eigenvalue weighted by Crippen LogP contribution is 2.29. The Hall–Kier alpha value is -1.27. The summed E-state index contributed by atoms with van der Waals surface area (Å²) in [6, 6.07) is 5.79. The second-order valence-corrected chi connectivity index (χ2v) is 6.41. The summed E-state index contributed by atoms with van der Waals surface area (Å²) in [6.45, 7) is 3.72. The summed E-state index contributed by atoms with van der Waals surface area (Å²) in [4.78, 5) is 12.1. The Balaban J connectivity index is 2.40. The Morgan fingerprint density at radius 2 is 1.62 bits per heavy atom. The summed E-state index contributed by atoms with van der Waals surface area (Å²) in [5.74, 6) is -2.66. The average Bonchev–Trinajstić information content (AvgIpc) is 2.32. The molecule has 0 saturated carbocycles. The highest BCUT2D eigenvalue weighted by molar-refractivity contribution is 9.10. The van der Waals surface area contributed by atoms with Crippen LogP contribution in [0.3, 0.4) is 0 Å². The Morgan fingerprint density at radius 1 is 1.05 bits per heavy atom. The van der Waals surface area contributed by atoms with E-state index < -0.39 is 23.1 Å². The van der Waals surface area contributed by atoms with Crippen LogP contribution in [0.15, 0.2) is 33.2 Å². The van der Waals surface area contributed by atoms with Crippen LogP contribution in [-0.4, -0.2) is 5.91 Å². The first-order chi connectivity index (χ1) is 9.79. The minimum Gasteiger partial charge on any atom is -0.321 e. The maximum Gasteiger partial charge on any atom is 0.261 e. The maximum atomic E-state index is 13.8. The van der Waals surface area contributed by atoms with Crippen LogP contribution in [0.2, 0.25) is 0 Å². The van der Waals surface area contributed by atoms with E-state index in [9.17, 15) is 13.6 Å². The third kappa shape index (κ3) is 3.49. The molecule has 0 aliphatic heterocycles. The topological polar surface area (TPSA) is 29.1 Å². The van der Waals surface area contributed by atoms with E-state index in [0.29, 0.717) is 10.2 Å². The maximum absolute atomic E-state index is 13.8. The number of amides is 1. The molecule has 1 N–H and O–H groups in total. The van der Waals surface area contributed by atoms with Gasteiger partial charge >= 0.3 is 0 Å². The largest absolute Gasteiger partial charge is 0.321 e. The molecule has 110 valence electrons. The highest BCUT2D eigenvalue weighted by atomic mass is 79.9. The predicted molar refractivity (Wildman–Crippen MR) is 85.6 cm³/mol. The third-order valence-corrected chi connectivity index (χ3v) is 3.99. The molecule has 0 spiro atoms. The molecule has 2 aromatic carbocycles. The predicted octanol–water partition coefficient (Wildman–Crippen LogP) is 5.36. The van der Waals surface area contributed by atoms with E-state index in [1.54, 1.807) is 0 Å². The fraction of sp³-hybridized carbons (Fsp3) is 0.133. The standard InChI is InChI=1S/C15H11Br2F2NO/c1-7-3-8(2)14(10(17)4-7)20-15(21)13-11(18)5-9(16)6-12(13)19/h3-6H,1-2H3,(H,20,21). The van der Waals surface area contributed by atoms with Gasteiger partial charge in [-0.15, -0.1) is 0 Å². The van der Waals surface area contributed by atoms with Crippen molar-refractivity contribution in [1.82, 2.24) is 0 Å². The van der Waals surface area contributed by atoms with Gasteiger partial charge in [0.15, 0.2) is 0 Å². The highest BCUT2D eigenvalue weighted by Gasteiger charge is 2.20. The summed E-state index contributed by atoms with van der Waals surface area (Å²) in [5, 5.41) is 2.54. The Bertz CT molecular complexity index is 686. The average molecular weight is 419 g/mol. The monoisotopic (exact) mass is 417 g/mol. The Kier molecular flexibility index (Phi) is 4.78. The number of aryl methyl sites for hydroxylation is 2. The lowest BCUT2D eigenvalue weighted by molar-refractivity contribution is 0.101. The first kappa shape index (κ1) is 16.1. The number of anilines is 1. The molecule has 0 aliphatic rings. The van der Waals surface area contributed by atoms with E-state index in [1.165, 1.54) is 0 Å². The molecule has 0 aromatic heterocycles. The number of benzene rings is 2. The summed E-state index contributed by atoms with van der Waals surface area (Å²) in [7, 11) is 0. The zero-order valence-electron chi connectivity index (χ0n) is 11.2. The van der Waals surface area contributed by atoms with Crippen LogP contribution in [0.5, 0.6) is 0 Å². The molecule has 2 rings (SSSR count). The minimum atomic E-state index is -0.916. The van der Waals surface area contributed by atoms with Crippen molar-refractivity contribution >= 4 is 43.5 Å². The molecular weight excluding hydrogens is 408 g/mol. The van der Waals surface area contributed by atoms with Gasteiger partial charge in [0, 0.05) is 8.95 Å². The molecule has 0 aliphatic carbocycles. The molecule has 0 fully saturated rings. The fourth-order valence-corrected chi connectivity index (χ4v) is 3.18. The summed E-state index contributed by atoms with van der Waals surface area (Å²) >= 11 is 6.31. The number of hydrogen-bond acceptors (Lipinski definition) is 1. The Morgan fingerprint density at radius 3 is 2.14 bits per heavy atom. The van der Waals surface area contributed by atoms with Gasteiger partial charge in [-0.2, -0.15) is 0 Å². The Labute approximate surface area is 137 Å². The van der Waals surface area contributed by atoms with Crippen molar-refractivity contribution in [1.29, 1.82) is 0 Å². The molecule has 0 bridgehead atoms. The van der Waals surface area contributed by atoms with Gasteiger partial charge in [0.1, 0.15) is 17.2 Å². The molecule has 0 heterocycles. The van der Waals surface area contributed by atoms with E-state index in [2.05, 4.69) is 37.2 Å². The van der Waals surface area contributed by atoms with Crippen LogP contribution in [0, 0.1) is 25.5 Å². The zero-order chi connectivity index (χ0) is 15.7. The summed E-state index contributed by atoms with van der Waals surface area (Å²) < 4.78 is 28.5. The summed E-state index contributed by atoms with van der Waals surface area (Å²) in [5.41, 5.74) is 1.70. The van der Waals surface area contributed by atoms with Crippen LogP contribution in [0.4, 0.5) is 14.5 Å². The first-order valence-corrected chi connectivity index (χ1v) is 7.61. The van der Waals surface area contributed by atoms with Crippen molar-refractivity contribution in [3.63, 3.8) is 0 Å². The molecule has 0 unspecified atom stereocenters. The van der Waals surface area contributed by atoms with E-state index in [0.717, 1.165) is 23.3 Å². The van der Waals surface area contributed by atoms with E-state index in [-0.39, 0.29) is 4.47 Å². The molecule has 0 atom stereocenters. The molecule has 0 saturated heterocycles. The molecule has 2 aromatic rings. The summed E-state index contributed by atoms with van der Waals surface area (Å²) in [6.07, 6.45) is 0. The fourth-order valence-electron chi connectivity index (χ4n) is 2.01. The molecular formula is C15H11Br2F2NO. The van der Waals surface area contributed by atoms with E-state index >= 15 is 0 Å². The minimum absolute atomic E-state index is 0.238. The number of carbonyl (C=O) groups is 1. The lowest BCUT2D eigenvalue weighted by Gasteiger charge is -2.12. The molecule has 6 heteroatoms. The van der Waals surface area contributed by atoms with Crippen molar-refractivity contribution in [3.8, 4) is 0 Å². The number of carbonyl (C=O) groups excluding carboxylic acids is 1. The molecule has 21 heavy (non-hydrogen) atoms. The van der Waals surface area contributed by atoms with Crippen LogP contribution in [-0.2, 0) is 0 Å². The second-order valence-electron chi connectivity index (χ2n) is 4.64.